The van der Waals surface area contributed by atoms with Gasteiger partial charge in [0.1, 0.15) is 18.5 Å². The van der Waals surface area contributed by atoms with Gasteiger partial charge in [0.05, 0.1) is 7.05 Å². The summed E-state index contributed by atoms with van der Waals surface area (Å²) in [6.45, 7) is 1.97. The first-order chi connectivity index (χ1) is 11.9. The molecule has 9 nitrogen and oxygen atoms in total. The number of halogens is 2. The van der Waals surface area contributed by atoms with Gasteiger partial charge >= 0.3 is 13.6 Å². The summed E-state index contributed by atoms with van der Waals surface area (Å²) in [5, 5.41) is 10.8. The average molecular weight is 450 g/mol. The van der Waals surface area contributed by atoms with Crippen molar-refractivity contribution in [3.63, 3.8) is 0 Å². The quantitative estimate of drug-likeness (QED) is 0.255. The van der Waals surface area contributed by atoms with Crippen LogP contribution in [0.2, 0.25) is 0 Å². The van der Waals surface area contributed by atoms with Crippen LogP contribution < -0.4 is 0 Å². The maximum absolute atomic E-state index is 13.2. The van der Waals surface area contributed by atoms with Crippen LogP contribution in [0.5, 0.6) is 0 Å². The fraction of sp³-hybridized carbons (Fsp3) is 0.727. The highest BCUT2D eigenvalue weighted by atomic mass is 35.5. The largest absolute Gasteiger partial charge is 0.434 e. The van der Waals surface area contributed by atoms with E-state index >= 15 is 0 Å². The van der Waals surface area contributed by atoms with E-state index in [1.54, 1.807) is 9.34 Å². The highest BCUT2D eigenvalue weighted by molar-refractivity contribution is 8.07. The lowest BCUT2D eigenvalue weighted by Crippen LogP contribution is -2.24. The van der Waals surface area contributed by atoms with Gasteiger partial charge in [-0.05, 0) is 4.92 Å². The Hall–Kier alpha value is -0.260. The number of hydrogen-bond donors (Lipinski definition) is 0. The van der Waals surface area contributed by atoms with Crippen LogP contribution in [0.1, 0.15) is 5.69 Å². The highest BCUT2D eigenvalue weighted by Gasteiger charge is 2.44. The van der Waals surface area contributed by atoms with Crippen LogP contribution in [-0.4, -0.2) is 61.8 Å². The maximum Gasteiger partial charge on any atom is 0.434 e. The van der Waals surface area contributed by atoms with Gasteiger partial charge in [0.2, 0.25) is 0 Å². The molecule has 0 atom stereocenters. The van der Waals surface area contributed by atoms with Crippen molar-refractivity contribution in [2.45, 2.75) is 6.61 Å². The zero-order valence-corrected chi connectivity index (χ0v) is 17.5. The van der Waals surface area contributed by atoms with Crippen LogP contribution in [0.25, 0.3) is 0 Å². The molecule has 0 aliphatic carbocycles. The minimum absolute atomic E-state index is 0.0494. The maximum atomic E-state index is 13.2. The summed E-state index contributed by atoms with van der Waals surface area (Å²) in [7, 11) is -1.72. The lowest BCUT2D eigenvalue weighted by Gasteiger charge is -2.28. The second kappa shape index (κ2) is 10.8. The third-order valence-corrected chi connectivity index (χ3v) is 6.65. The molecule has 0 spiro atoms. The standard InChI is InChI=1S/C11H18Cl2N5O4P.S2/c1-15-10(8-14-11(15)18(19)20)9-22-23(21)16(4-2-12)6-7-17(23)5-3-13;1-2/h8H,2-7,9H2,1H3;. The molecule has 1 aliphatic heterocycles. The predicted octanol–water partition coefficient (Wildman–Crippen LogP) is 2.04. The predicted molar refractivity (Wildman–Crippen MR) is 102 cm³/mol. The van der Waals surface area contributed by atoms with Gasteiger partial charge in [0.25, 0.3) is 0 Å². The molecular formula is C11H18Cl2N5O4PS2. The number of alkyl halides is 2. The first kappa shape index (κ1) is 22.8. The van der Waals surface area contributed by atoms with Crippen LogP contribution in [0.3, 0.4) is 0 Å². The first-order valence-electron chi connectivity index (χ1n) is 7.13. The van der Waals surface area contributed by atoms with E-state index in [0.29, 0.717) is 43.6 Å². The molecule has 0 saturated carbocycles. The minimum atomic E-state index is -3.24. The molecule has 0 amide bonds. The lowest BCUT2D eigenvalue weighted by atomic mass is 10.5. The Labute approximate surface area is 165 Å². The number of nitro groups is 1. The molecule has 142 valence electrons. The summed E-state index contributed by atoms with van der Waals surface area (Å²) in [6.07, 6.45) is 1.35. The van der Waals surface area contributed by atoms with Gasteiger partial charge in [-0.25, -0.2) is 13.9 Å². The summed E-state index contributed by atoms with van der Waals surface area (Å²) < 4.78 is 23.6. The van der Waals surface area contributed by atoms with Crippen molar-refractivity contribution in [2.75, 3.05) is 37.9 Å². The van der Waals surface area contributed by atoms with Crippen molar-refractivity contribution in [1.29, 1.82) is 0 Å². The molecular weight excluding hydrogens is 432 g/mol. The van der Waals surface area contributed by atoms with Crippen molar-refractivity contribution in [3.05, 3.63) is 22.0 Å². The molecule has 1 aromatic heterocycles. The molecule has 2 heterocycles. The van der Waals surface area contributed by atoms with Gasteiger partial charge in [0.15, 0.2) is 0 Å². The van der Waals surface area contributed by atoms with Crippen molar-refractivity contribution < 1.29 is 14.0 Å². The molecule has 0 radical (unpaired) electrons. The Morgan fingerprint density at radius 1 is 1.32 bits per heavy atom. The summed E-state index contributed by atoms with van der Waals surface area (Å²) >= 11 is 18.9. The van der Waals surface area contributed by atoms with Crippen molar-refractivity contribution in [2.24, 2.45) is 7.05 Å². The van der Waals surface area contributed by atoms with E-state index in [9.17, 15) is 14.7 Å². The summed E-state index contributed by atoms with van der Waals surface area (Å²) in [5.74, 6) is 0.377. The lowest BCUT2D eigenvalue weighted by molar-refractivity contribution is -0.396. The van der Waals surface area contributed by atoms with Crippen LogP contribution in [0.15, 0.2) is 6.20 Å². The van der Waals surface area contributed by atoms with Gasteiger partial charge in [0, 0.05) is 60.3 Å². The Morgan fingerprint density at radius 2 is 1.84 bits per heavy atom. The van der Waals surface area contributed by atoms with Gasteiger partial charge in [-0.1, -0.05) is 4.98 Å². The summed E-state index contributed by atoms with van der Waals surface area (Å²) in [6, 6.07) is 0. The molecule has 0 unspecified atom stereocenters. The number of hydrogen-bond acceptors (Lipinski definition) is 7. The minimum Gasteiger partial charge on any atom is -0.390 e. The van der Waals surface area contributed by atoms with E-state index < -0.39 is 12.6 Å². The number of rotatable bonds is 8. The molecule has 0 N–H and O–H groups in total. The molecule has 14 heteroatoms. The van der Waals surface area contributed by atoms with E-state index in [0.717, 1.165) is 0 Å². The third-order valence-electron chi connectivity index (χ3n) is 3.62. The van der Waals surface area contributed by atoms with Crippen LogP contribution in [0, 0.1) is 10.1 Å². The van der Waals surface area contributed by atoms with E-state index in [4.69, 9.17) is 27.7 Å². The van der Waals surface area contributed by atoms with Crippen LogP contribution in [0.4, 0.5) is 5.95 Å². The van der Waals surface area contributed by atoms with Crippen LogP contribution >= 0.6 is 30.9 Å². The third kappa shape index (κ3) is 5.36. The summed E-state index contributed by atoms with van der Waals surface area (Å²) in [4.78, 5) is 14.0. The van der Waals surface area contributed by atoms with Gasteiger partial charge < -0.3 is 10.1 Å². The first-order valence-corrected chi connectivity index (χ1v) is 11.1. The smallest absolute Gasteiger partial charge is 0.390 e. The number of nitrogens with zero attached hydrogens (tertiary/aromatic N) is 5. The Balaban J connectivity index is 0.00000151. The normalized spacial score (nSPS) is 17.2. The van der Waals surface area contributed by atoms with Crippen molar-refractivity contribution in [1.82, 2.24) is 18.9 Å². The average Bonchev–Trinajstić information content (AvgIpc) is 3.11. The van der Waals surface area contributed by atoms with E-state index in [1.807, 2.05) is 0 Å². The zero-order valence-electron chi connectivity index (χ0n) is 13.4. The molecule has 1 aliphatic rings. The fourth-order valence-electron chi connectivity index (χ4n) is 2.39. The summed E-state index contributed by atoms with van der Waals surface area (Å²) in [5.41, 5.74) is 0.468. The molecule has 0 aromatic carbocycles. The second-order valence-electron chi connectivity index (χ2n) is 4.91. The van der Waals surface area contributed by atoms with Crippen LogP contribution in [-0.2, 0) is 45.1 Å². The second-order valence-corrected chi connectivity index (χ2v) is 8.04. The van der Waals surface area contributed by atoms with E-state index in [2.05, 4.69) is 27.4 Å². The molecule has 0 bridgehead atoms. The zero-order chi connectivity index (χ0) is 19.0. The monoisotopic (exact) mass is 449 g/mol. The molecule has 2 rings (SSSR count). The Kier molecular flexibility index (Phi) is 9.83. The fourth-order valence-corrected chi connectivity index (χ4v) is 5.40. The SMILES string of the molecule is Cn1c(COP2(=O)N(CCCl)CCN2CCCl)cnc1[N+](=O)[O-].S=S. The number of aromatic nitrogens is 2. The van der Waals surface area contributed by atoms with Gasteiger partial charge in [-0.3, -0.25) is 9.09 Å². The van der Waals surface area contributed by atoms with Crippen molar-refractivity contribution in [3.8, 4) is 0 Å². The Bertz CT molecular complexity index is 620. The molecule has 1 saturated heterocycles. The highest BCUT2D eigenvalue weighted by Crippen LogP contribution is 2.58. The topological polar surface area (TPSA) is 93.7 Å². The van der Waals surface area contributed by atoms with E-state index in [-0.39, 0.29) is 12.6 Å². The number of imidazole rings is 1. The van der Waals surface area contributed by atoms with Gasteiger partial charge in [-0.2, -0.15) is 0 Å². The van der Waals surface area contributed by atoms with Crippen molar-refractivity contribution >= 4 is 59.2 Å². The molecule has 25 heavy (non-hydrogen) atoms. The Morgan fingerprint density at radius 3 is 2.24 bits per heavy atom. The van der Waals surface area contributed by atoms with Gasteiger partial charge in [-0.15, -0.1) is 23.2 Å². The molecule has 1 aromatic rings. The van der Waals surface area contributed by atoms with E-state index in [1.165, 1.54) is 17.8 Å². The molecule has 1 fully saturated rings.